The molecule has 3 rings (SSSR count). The number of aryl methyl sites for hydroxylation is 2. The molecule has 0 saturated heterocycles. The van der Waals surface area contributed by atoms with E-state index in [2.05, 4.69) is 25.2 Å². The van der Waals surface area contributed by atoms with Crippen LogP contribution in [0.1, 0.15) is 50.3 Å². The van der Waals surface area contributed by atoms with Crippen LogP contribution in [-0.4, -0.2) is 36.1 Å². The van der Waals surface area contributed by atoms with E-state index >= 15 is 0 Å². The lowest BCUT2D eigenvalue weighted by Crippen LogP contribution is -2.49. The maximum atomic E-state index is 13.4. The quantitative estimate of drug-likeness (QED) is 0.603. The Labute approximate surface area is 190 Å². The van der Waals surface area contributed by atoms with Crippen LogP contribution in [0, 0.1) is 12.8 Å². The van der Waals surface area contributed by atoms with Crippen molar-refractivity contribution in [2.24, 2.45) is 5.92 Å². The summed E-state index contributed by atoms with van der Waals surface area (Å²) in [4.78, 5) is 28.1. The van der Waals surface area contributed by atoms with Gasteiger partial charge in [-0.25, -0.2) is 0 Å². The fraction of sp³-hybridized carbons (Fsp3) is 0.462. The minimum atomic E-state index is -0.501. The Bertz CT molecular complexity index is 941. The Morgan fingerprint density at radius 2 is 1.84 bits per heavy atom. The van der Waals surface area contributed by atoms with E-state index in [0.717, 1.165) is 22.4 Å². The van der Waals surface area contributed by atoms with Crippen molar-refractivity contribution in [2.75, 3.05) is 13.3 Å². The molecule has 2 aromatic rings. The predicted molar refractivity (Wildman–Crippen MR) is 125 cm³/mol. The van der Waals surface area contributed by atoms with Crippen molar-refractivity contribution in [1.82, 2.24) is 10.2 Å². The van der Waals surface area contributed by atoms with Crippen molar-refractivity contribution in [1.29, 1.82) is 0 Å². The summed E-state index contributed by atoms with van der Waals surface area (Å²) in [6, 6.07) is 13.3. The summed E-state index contributed by atoms with van der Waals surface area (Å²) >= 11 is 0. The zero-order valence-corrected chi connectivity index (χ0v) is 19.5. The summed E-state index contributed by atoms with van der Waals surface area (Å²) in [6.07, 6.45) is 1.45. The molecule has 1 atom stereocenters. The largest absolute Gasteiger partial charge is 0.454 e. The lowest BCUT2D eigenvalue weighted by molar-refractivity contribution is -0.141. The molecule has 0 saturated carbocycles. The normalized spacial score (nSPS) is 13.2. The molecule has 172 valence electrons. The van der Waals surface area contributed by atoms with E-state index in [1.807, 2.05) is 50.2 Å². The van der Waals surface area contributed by atoms with Crippen molar-refractivity contribution in [2.45, 2.75) is 59.5 Å². The van der Waals surface area contributed by atoms with Gasteiger partial charge >= 0.3 is 0 Å². The second kappa shape index (κ2) is 11.0. The molecule has 2 amide bonds. The molecule has 0 aromatic heterocycles. The molecular weight excluding hydrogens is 404 g/mol. The standard InChI is InChI=1S/C26H34N2O4/c1-5-22(26(30)27-15-18(2)3)28(16-21-8-6-7-19(4)13-21)25(29)12-10-20-9-11-23-24(14-20)32-17-31-23/h6-9,11,13-14,18,22H,5,10,12,15-17H2,1-4H3,(H,27,30). The predicted octanol–water partition coefficient (Wildman–Crippen LogP) is 4.24. The lowest BCUT2D eigenvalue weighted by atomic mass is 10.0. The van der Waals surface area contributed by atoms with E-state index in [4.69, 9.17) is 9.47 Å². The molecule has 0 radical (unpaired) electrons. The fourth-order valence-corrected chi connectivity index (χ4v) is 3.84. The smallest absolute Gasteiger partial charge is 0.242 e. The highest BCUT2D eigenvalue weighted by Crippen LogP contribution is 2.32. The van der Waals surface area contributed by atoms with Gasteiger partial charge in [0.15, 0.2) is 11.5 Å². The van der Waals surface area contributed by atoms with Crippen LogP contribution in [0.5, 0.6) is 11.5 Å². The molecule has 0 aliphatic carbocycles. The molecule has 0 bridgehead atoms. The number of nitrogens with zero attached hydrogens (tertiary/aromatic N) is 1. The van der Waals surface area contributed by atoms with Crippen molar-refractivity contribution < 1.29 is 19.1 Å². The van der Waals surface area contributed by atoms with Crippen LogP contribution in [0.2, 0.25) is 0 Å². The fourth-order valence-electron chi connectivity index (χ4n) is 3.84. The third-order valence-corrected chi connectivity index (χ3v) is 5.57. The first-order valence-electron chi connectivity index (χ1n) is 11.4. The highest BCUT2D eigenvalue weighted by molar-refractivity contribution is 5.87. The summed E-state index contributed by atoms with van der Waals surface area (Å²) in [6.45, 7) is 9.33. The van der Waals surface area contributed by atoms with Crippen LogP contribution in [0.4, 0.5) is 0 Å². The van der Waals surface area contributed by atoms with Gasteiger partial charge in [-0.1, -0.05) is 56.7 Å². The SMILES string of the molecule is CCC(C(=O)NCC(C)C)N(Cc1cccc(C)c1)C(=O)CCc1ccc2c(c1)OCO2. The van der Waals surface area contributed by atoms with Gasteiger partial charge in [-0.2, -0.15) is 0 Å². The van der Waals surface area contributed by atoms with Gasteiger partial charge in [-0.05, 0) is 48.9 Å². The summed E-state index contributed by atoms with van der Waals surface area (Å²) in [7, 11) is 0. The third-order valence-electron chi connectivity index (χ3n) is 5.57. The van der Waals surface area contributed by atoms with Crippen molar-refractivity contribution >= 4 is 11.8 Å². The maximum Gasteiger partial charge on any atom is 0.242 e. The molecule has 6 nitrogen and oxygen atoms in total. The first-order valence-corrected chi connectivity index (χ1v) is 11.4. The molecule has 2 aromatic carbocycles. The van der Waals surface area contributed by atoms with Crippen molar-refractivity contribution in [3.8, 4) is 11.5 Å². The van der Waals surface area contributed by atoms with Crippen molar-refractivity contribution in [3.63, 3.8) is 0 Å². The highest BCUT2D eigenvalue weighted by atomic mass is 16.7. The van der Waals surface area contributed by atoms with E-state index in [-0.39, 0.29) is 18.6 Å². The van der Waals surface area contributed by atoms with E-state index in [0.29, 0.717) is 44.0 Å². The van der Waals surface area contributed by atoms with Crippen LogP contribution >= 0.6 is 0 Å². The second-order valence-corrected chi connectivity index (χ2v) is 8.76. The Balaban J connectivity index is 1.75. The van der Waals surface area contributed by atoms with Gasteiger partial charge in [0.2, 0.25) is 18.6 Å². The van der Waals surface area contributed by atoms with Crippen LogP contribution in [0.15, 0.2) is 42.5 Å². The second-order valence-electron chi connectivity index (χ2n) is 8.76. The van der Waals surface area contributed by atoms with Gasteiger partial charge in [0, 0.05) is 19.5 Å². The topological polar surface area (TPSA) is 67.9 Å². The Kier molecular flexibility index (Phi) is 8.14. The van der Waals surface area contributed by atoms with Crippen LogP contribution < -0.4 is 14.8 Å². The molecule has 6 heteroatoms. The summed E-state index contributed by atoms with van der Waals surface area (Å²) in [5.74, 6) is 1.67. The monoisotopic (exact) mass is 438 g/mol. The molecule has 0 spiro atoms. The average Bonchev–Trinajstić information content (AvgIpc) is 3.24. The van der Waals surface area contributed by atoms with E-state index in [1.165, 1.54) is 0 Å². The first kappa shape index (κ1) is 23.6. The van der Waals surface area contributed by atoms with E-state index in [9.17, 15) is 9.59 Å². The molecule has 1 unspecified atom stereocenters. The summed E-state index contributed by atoms with van der Waals surface area (Å²) in [5.41, 5.74) is 3.17. The number of rotatable bonds is 10. The number of benzene rings is 2. The van der Waals surface area contributed by atoms with Gasteiger partial charge < -0.3 is 19.7 Å². The van der Waals surface area contributed by atoms with Gasteiger partial charge in [0.1, 0.15) is 6.04 Å². The highest BCUT2D eigenvalue weighted by Gasteiger charge is 2.28. The number of ether oxygens (including phenoxy) is 2. The van der Waals surface area contributed by atoms with Gasteiger partial charge in [0.25, 0.3) is 0 Å². The number of hydrogen-bond acceptors (Lipinski definition) is 4. The summed E-state index contributed by atoms with van der Waals surface area (Å²) in [5, 5.41) is 3.00. The Morgan fingerprint density at radius 3 is 2.56 bits per heavy atom. The third kappa shape index (κ3) is 6.25. The Hall–Kier alpha value is -3.02. The van der Waals surface area contributed by atoms with Crippen molar-refractivity contribution in [3.05, 3.63) is 59.2 Å². The zero-order valence-electron chi connectivity index (χ0n) is 19.5. The number of fused-ring (bicyclic) bond motifs is 1. The van der Waals surface area contributed by atoms with Gasteiger partial charge in [0.05, 0.1) is 0 Å². The molecule has 0 fully saturated rings. The van der Waals surface area contributed by atoms with E-state index < -0.39 is 6.04 Å². The van der Waals surface area contributed by atoms with Crippen LogP contribution in [0.3, 0.4) is 0 Å². The van der Waals surface area contributed by atoms with Crippen LogP contribution in [-0.2, 0) is 22.6 Å². The molecule has 1 N–H and O–H groups in total. The molecule has 1 aliphatic rings. The molecular formula is C26H34N2O4. The lowest BCUT2D eigenvalue weighted by Gasteiger charge is -2.31. The number of carbonyl (C=O) groups is 2. The molecule has 32 heavy (non-hydrogen) atoms. The minimum Gasteiger partial charge on any atom is -0.454 e. The average molecular weight is 439 g/mol. The maximum absolute atomic E-state index is 13.4. The van der Waals surface area contributed by atoms with Gasteiger partial charge in [-0.3, -0.25) is 9.59 Å². The first-order chi connectivity index (χ1) is 15.4. The van der Waals surface area contributed by atoms with E-state index in [1.54, 1.807) is 4.90 Å². The number of nitrogens with one attached hydrogen (secondary N) is 1. The number of carbonyl (C=O) groups excluding carboxylic acids is 2. The van der Waals surface area contributed by atoms with Gasteiger partial charge in [-0.15, -0.1) is 0 Å². The number of hydrogen-bond donors (Lipinski definition) is 1. The molecule has 1 aliphatic heterocycles. The Morgan fingerprint density at radius 1 is 1.06 bits per heavy atom. The number of amides is 2. The molecule has 1 heterocycles. The zero-order chi connectivity index (χ0) is 23.1. The van der Waals surface area contributed by atoms with Crippen LogP contribution in [0.25, 0.3) is 0 Å². The minimum absolute atomic E-state index is 0.0317. The summed E-state index contributed by atoms with van der Waals surface area (Å²) < 4.78 is 10.8.